The predicted octanol–water partition coefficient (Wildman–Crippen LogP) is 2.62. The van der Waals surface area contributed by atoms with Crippen molar-refractivity contribution >= 4 is 23.0 Å². The van der Waals surface area contributed by atoms with Gasteiger partial charge in [0.05, 0.1) is 10.5 Å². The average Bonchev–Trinajstić information content (AvgIpc) is 2.48. The maximum absolute atomic E-state index is 11.3. The van der Waals surface area contributed by atoms with Crippen LogP contribution in [0.3, 0.4) is 0 Å². The van der Waals surface area contributed by atoms with Crippen molar-refractivity contribution < 1.29 is 19.9 Å². The molecule has 0 saturated carbocycles. The molecule has 0 atom stereocenters. The fraction of sp³-hybridized carbons (Fsp3) is 0. The molecule has 0 bridgehead atoms. The Labute approximate surface area is 123 Å². The summed E-state index contributed by atoms with van der Waals surface area (Å²) < 4.78 is 0. The number of hydrazine groups is 1. The number of hydrogen-bond acceptors (Lipinski definition) is 5. The van der Waals surface area contributed by atoms with E-state index in [0.717, 1.165) is 18.2 Å². The molecule has 0 amide bonds. The van der Waals surface area contributed by atoms with E-state index < -0.39 is 21.6 Å². The van der Waals surface area contributed by atoms with E-state index in [9.17, 15) is 25.0 Å². The topological polar surface area (TPSA) is 127 Å². The summed E-state index contributed by atoms with van der Waals surface area (Å²) in [7, 11) is 0. The Bertz CT molecular complexity index is 747. The number of carboxylic acids is 1. The highest BCUT2D eigenvalue weighted by Crippen LogP contribution is 2.34. The zero-order valence-corrected chi connectivity index (χ0v) is 10.9. The molecule has 22 heavy (non-hydrogen) atoms. The Kier molecular flexibility index (Phi) is 3.98. The Hall–Kier alpha value is -3.49. The van der Waals surface area contributed by atoms with Gasteiger partial charge in [-0.1, -0.05) is 23.2 Å². The highest BCUT2D eigenvalue weighted by Gasteiger charge is 2.29. The van der Waals surface area contributed by atoms with Gasteiger partial charge < -0.3 is 5.11 Å². The summed E-state index contributed by atoms with van der Waals surface area (Å²) in [5, 5.41) is 31.0. The van der Waals surface area contributed by atoms with Gasteiger partial charge in [0.1, 0.15) is 5.69 Å². The van der Waals surface area contributed by atoms with Gasteiger partial charge in [0.25, 0.3) is 5.69 Å². The molecule has 2 aromatic carbocycles. The van der Waals surface area contributed by atoms with Gasteiger partial charge >= 0.3 is 5.97 Å². The first kappa shape index (κ1) is 14.9. The Morgan fingerprint density at radius 1 is 1.05 bits per heavy atom. The van der Waals surface area contributed by atoms with E-state index in [1.165, 1.54) is 12.1 Å². The number of nitro groups is 2. The Morgan fingerprint density at radius 3 is 2.18 bits per heavy atom. The number of carboxylic acid groups (broad SMARTS) is 1. The number of para-hydroxylation sites is 1. The van der Waals surface area contributed by atoms with Crippen LogP contribution >= 0.6 is 0 Å². The second-order valence-electron chi connectivity index (χ2n) is 4.15. The zero-order chi connectivity index (χ0) is 16.3. The van der Waals surface area contributed by atoms with Crippen molar-refractivity contribution in [3.05, 3.63) is 74.3 Å². The average molecular weight is 303 g/mol. The number of aromatic carboxylic acids is 1. The van der Waals surface area contributed by atoms with Crippen molar-refractivity contribution in [2.45, 2.75) is 0 Å². The van der Waals surface area contributed by atoms with E-state index in [4.69, 9.17) is 5.11 Å². The molecular formula is C13H9N3O6. The molecule has 1 N–H and O–H groups in total. The molecule has 0 aliphatic rings. The zero-order valence-electron chi connectivity index (χ0n) is 10.9. The highest BCUT2D eigenvalue weighted by atomic mass is 16.7. The third-order valence-corrected chi connectivity index (χ3v) is 2.81. The molecule has 2 aromatic rings. The van der Waals surface area contributed by atoms with Crippen molar-refractivity contribution in [2.24, 2.45) is 0 Å². The molecular weight excluding hydrogens is 294 g/mol. The van der Waals surface area contributed by atoms with E-state index in [-0.39, 0.29) is 16.9 Å². The maximum Gasteiger partial charge on any atom is 0.335 e. The summed E-state index contributed by atoms with van der Waals surface area (Å²) in [6.07, 6.45) is 0. The molecule has 0 aromatic heterocycles. The van der Waals surface area contributed by atoms with Gasteiger partial charge in [-0.3, -0.25) is 10.1 Å². The van der Waals surface area contributed by atoms with Crippen LogP contribution in [0.4, 0.5) is 17.1 Å². The smallest absolute Gasteiger partial charge is 0.335 e. The van der Waals surface area contributed by atoms with E-state index in [1.54, 1.807) is 18.2 Å². The minimum absolute atomic E-state index is 0.110. The highest BCUT2D eigenvalue weighted by molar-refractivity contribution is 5.90. The number of anilines is 2. The number of nitrogens with zero attached hydrogens (tertiary/aromatic N) is 3. The van der Waals surface area contributed by atoms with E-state index in [0.29, 0.717) is 5.01 Å². The van der Waals surface area contributed by atoms with E-state index in [2.05, 4.69) is 0 Å². The SMILES string of the molecule is O=C(O)c1ccc(N(c2ccccc2)[N+](=O)[O-])c([N+](=O)[O-])c1. The molecule has 0 radical (unpaired) electrons. The van der Waals surface area contributed by atoms with Crippen LogP contribution in [0.5, 0.6) is 0 Å². The molecule has 0 aliphatic heterocycles. The summed E-state index contributed by atoms with van der Waals surface area (Å²) in [6, 6.07) is 10.5. The third-order valence-electron chi connectivity index (χ3n) is 2.81. The van der Waals surface area contributed by atoms with Crippen molar-refractivity contribution in [1.29, 1.82) is 0 Å². The number of benzene rings is 2. The fourth-order valence-corrected chi connectivity index (χ4v) is 1.87. The van der Waals surface area contributed by atoms with Crippen LogP contribution in [0.2, 0.25) is 0 Å². The van der Waals surface area contributed by atoms with Crippen molar-refractivity contribution in [2.75, 3.05) is 5.01 Å². The second-order valence-corrected chi connectivity index (χ2v) is 4.15. The third kappa shape index (κ3) is 2.82. The van der Waals surface area contributed by atoms with Gasteiger partial charge in [0.2, 0.25) is 0 Å². The second kappa shape index (κ2) is 5.87. The van der Waals surface area contributed by atoms with Gasteiger partial charge in [0, 0.05) is 6.07 Å². The quantitative estimate of drug-likeness (QED) is 0.664. The first-order valence-corrected chi connectivity index (χ1v) is 5.93. The first-order chi connectivity index (χ1) is 10.4. The number of hydrogen-bond donors (Lipinski definition) is 1. The monoisotopic (exact) mass is 303 g/mol. The van der Waals surface area contributed by atoms with Gasteiger partial charge in [-0.25, -0.2) is 14.9 Å². The largest absolute Gasteiger partial charge is 0.478 e. The molecule has 112 valence electrons. The lowest BCUT2D eigenvalue weighted by Crippen LogP contribution is -2.25. The normalized spacial score (nSPS) is 10.0. The number of carbonyl (C=O) groups is 1. The van der Waals surface area contributed by atoms with Crippen molar-refractivity contribution in [3.8, 4) is 0 Å². The summed E-state index contributed by atoms with van der Waals surface area (Å²) >= 11 is 0. The Balaban J connectivity index is 2.64. The molecule has 0 spiro atoms. The van der Waals surface area contributed by atoms with Crippen LogP contribution in [-0.4, -0.2) is 21.0 Å². The van der Waals surface area contributed by atoms with Crippen LogP contribution in [0.25, 0.3) is 0 Å². The van der Waals surface area contributed by atoms with Crippen LogP contribution < -0.4 is 5.01 Å². The summed E-state index contributed by atoms with van der Waals surface area (Å²) in [5.74, 6) is -1.36. The molecule has 0 heterocycles. The standard InChI is InChI=1S/C13H9N3O6/c17-13(18)9-6-7-11(12(8-9)15(19)20)14(16(21)22)10-4-2-1-3-5-10/h1-8H,(H,17,18). The Morgan fingerprint density at radius 2 is 1.68 bits per heavy atom. The lowest BCUT2D eigenvalue weighted by molar-refractivity contribution is -0.484. The van der Waals surface area contributed by atoms with E-state index in [1.807, 2.05) is 0 Å². The van der Waals surface area contributed by atoms with Crippen LogP contribution in [0.1, 0.15) is 10.4 Å². The van der Waals surface area contributed by atoms with Crippen molar-refractivity contribution in [3.63, 3.8) is 0 Å². The molecule has 9 heteroatoms. The molecule has 0 aliphatic carbocycles. The van der Waals surface area contributed by atoms with Crippen LogP contribution in [0, 0.1) is 20.2 Å². The molecule has 2 rings (SSSR count). The first-order valence-electron chi connectivity index (χ1n) is 5.93. The molecule has 0 saturated heterocycles. The number of nitro benzene ring substituents is 1. The summed E-state index contributed by atoms with van der Waals surface area (Å²) in [5.41, 5.74) is -1.21. The summed E-state index contributed by atoms with van der Waals surface area (Å²) in [6.45, 7) is 0. The van der Waals surface area contributed by atoms with Crippen LogP contribution in [0.15, 0.2) is 48.5 Å². The minimum atomic E-state index is -1.36. The van der Waals surface area contributed by atoms with Gasteiger partial charge in [-0.05, 0) is 24.3 Å². The van der Waals surface area contributed by atoms with E-state index >= 15 is 0 Å². The number of rotatable bonds is 5. The predicted molar refractivity (Wildman–Crippen MR) is 75.6 cm³/mol. The van der Waals surface area contributed by atoms with Gasteiger partial charge in [-0.15, -0.1) is 0 Å². The fourth-order valence-electron chi connectivity index (χ4n) is 1.87. The van der Waals surface area contributed by atoms with Gasteiger partial charge in [0.15, 0.2) is 10.7 Å². The lowest BCUT2D eigenvalue weighted by atomic mass is 10.1. The summed E-state index contributed by atoms with van der Waals surface area (Å²) in [4.78, 5) is 32.4. The minimum Gasteiger partial charge on any atom is -0.478 e. The van der Waals surface area contributed by atoms with Crippen molar-refractivity contribution in [1.82, 2.24) is 0 Å². The van der Waals surface area contributed by atoms with Crippen LogP contribution in [-0.2, 0) is 0 Å². The lowest BCUT2D eigenvalue weighted by Gasteiger charge is -2.14. The maximum atomic E-state index is 11.3. The molecule has 0 unspecified atom stereocenters. The van der Waals surface area contributed by atoms with Gasteiger partial charge in [-0.2, -0.15) is 0 Å². The molecule has 9 nitrogen and oxygen atoms in total. The molecule has 0 fully saturated rings.